The molecule has 2 amide bonds. The van der Waals surface area contributed by atoms with Gasteiger partial charge in [0, 0.05) is 23.4 Å². The predicted octanol–water partition coefficient (Wildman–Crippen LogP) is 6.08. The van der Waals surface area contributed by atoms with Crippen molar-refractivity contribution >= 4 is 47.0 Å². The molecule has 0 radical (unpaired) electrons. The highest BCUT2D eigenvalue weighted by Gasteiger charge is 2.29. The number of carbonyl (C=O) groups is 7. The summed E-state index contributed by atoms with van der Waals surface area (Å²) in [4.78, 5) is 92.3. The molecule has 12 heteroatoms. The molecule has 1 aromatic carbocycles. The summed E-state index contributed by atoms with van der Waals surface area (Å²) in [5.41, 5.74) is 0.425. The number of ether oxygens (including phenoxy) is 3. The van der Waals surface area contributed by atoms with Crippen molar-refractivity contribution in [2.75, 3.05) is 31.5 Å². The summed E-state index contributed by atoms with van der Waals surface area (Å²) in [6, 6.07) is 7.77. The molecule has 50 heavy (non-hydrogen) atoms. The maximum atomic E-state index is 14.0. The summed E-state index contributed by atoms with van der Waals surface area (Å²) >= 11 is 0. The number of ketones is 3. The molecule has 3 aliphatic carbocycles. The van der Waals surface area contributed by atoms with Crippen LogP contribution in [0, 0.1) is 17.8 Å². The Morgan fingerprint density at radius 3 is 1.30 bits per heavy atom. The number of nitrogens with zero attached hydrogens (tertiary/aromatic N) is 2. The van der Waals surface area contributed by atoms with Crippen LogP contribution in [0.4, 0.5) is 10.5 Å². The topological polar surface area (TPSA) is 154 Å². The number of hydrogen-bond donors (Lipinski definition) is 0. The lowest BCUT2D eigenvalue weighted by Gasteiger charge is -2.30. The van der Waals surface area contributed by atoms with Gasteiger partial charge in [-0.2, -0.15) is 0 Å². The smallest absolute Gasteiger partial charge is 0.329 e. The first-order chi connectivity index (χ1) is 24.2. The van der Waals surface area contributed by atoms with Crippen LogP contribution in [-0.4, -0.2) is 72.8 Å². The van der Waals surface area contributed by atoms with E-state index in [1.54, 1.807) is 30.3 Å². The average molecular weight is 697 g/mol. The standard InChI is InChI=1S/C38H52N2O10/c41-32(28-13-5-1-6-14-28)23-35(44)48-22-21-40(31-19-11-4-12-20-31)38(47)39(26-49-36(45)24-33(42)29-15-7-2-8-16-29)27-50-37(46)25-34(43)30-17-9-3-10-18-30/h4,11-12,19-20,28-30H,1-3,5-10,13-18,21-27H2. The Hall–Kier alpha value is -4.09. The zero-order valence-electron chi connectivity index (χ0n) is 29.2. The summed E-state index contributed by atoms with van der Waals surface area (Å²) in [6.07, 6.45) is 12.2. The van der Waals surface area contributed by atoms with Crippen LogP contribution < -0.4 is 4.90 Å². The van der Waals surface area contributed by atoms with Gasteiger partial charge in [0.05, 0.1) is 6.54 Å². The minimum atomic E-state index is -0.806. The summed E-state index contributed by atoms with van der Waals surface area (Å²) in [5, 5.41) is 0. The second-order valence-electron chi connectivity index (χ2n) is 13.8. The Morgan fingerprint density at radius 2 is 0.900 bits per heavy atom. The maximum absolute atomic E-state index is 14.0. The molecule has 12 nitrogen and oxygen atoms in total. The van der Waals surface area contributed by atoms with Gasteiger partial charge in [0.2, 0.25) is 0 Å². The van der Waals surface area contributed by atoms with E-state index in [9.17, 15) is 33.6 Å². The molecule has 0 unspecified atom stereocenters. The summed E-state index contributed by atoms with van der Waals surface area (Å²) in [7, 11) is 0. The molecule has 0 aromatic heterocycles. The van der Waals surface area contributed by atoms with E-state index in [0.29, 0.717) is 5.69 Å². The Kier molecular flexibility index (Phi) is 15.9. The van der Waals surface area contributed by atoms with Crippen LogP contribution in [0.5, 0.6) is 0 Å². The fraction of sp³-hybridized carbons (Fsp3) is 0.658. The molecule has 0 spiro atoms. The lowest BCUT2D eigenvalue weighted by molar-refractivity contribution is -0.156. The predicted molar refractivity (Wildman–Crippen MR) is 182 cm³/mol. The monoisotopic (exact) mass is 696 g/mol. The average Bonchev–Trinajstić information content (AvgIpc) is 3.14. The summed E-state index contributed by atoms with van der Waals surface area (Å²) in [6.45, 7) is -1.60. The van der Waals surface area contributed by atoms with E-state index >= 15 is 0 Å². The number of rotatable bonds is 17. The quantitative estimate of drug-likeness (QED) is 0.0811. The molecule has 3 saturated carbocycles. The first kappa shape index (κ1) is 38.7. The van der Waals surface area contributed by atoms with E-state index < -0.39 is 50.2 Å². The Labute approximate surface area is 294 Å². The van der Waals surface area contributed by atoms with Gasteiger partial charge in [-0.1, -0.05) is 76.0 Å². The highest BCUT2D eigenvalue weighted by atomic mass is 16.6. The number of carbonyl (C=O) groups excluding carboxylic acids is 7. The zero-order valence-corrected chi connectivity index (χ0v) is 29.2. The van der Waals surface area contributed by atoms with Gasteiger partial charge in [-0.25, -0.2) is 4.79 Å². The minimum Gasteiger partial charge on any atom is -0.463 e. The molecule has 274 valence electrons. The van der Waals surface area contributed by atoms with Gasteiger partial charge in [-0.3, -0.25) is 38.6 Å². The van der Waals surface area contributed by atoms with Crippen molar-refractivity contribution < 1.29 is 47.8 Å². The van der Waals surface area contributed by atoms with Crippen LogP contribution in [0.3, 0.4) is 0 Å². The number of hydrogen-bond acceptors (Lipinski definition) is 10. The molecular formula is C38H52N2O10. The SMILES string of the molecule is O=C(CC(=O)C1CCCCC1)OCCN(C(=O)N(COC(=O)CC(=O)C1CCCCC1)COC(=O)CC(=O)C1CCCCC1)c1ccccc1. The van der Waals surface area contributed by atoms with Crippen molar-refractivity contribution in [1.29, 1.82) is 0 Å². The Morgan fingerprint density at radius 1 is 0.520 bits per heavy atom. The molecule has 0 heterocycles. The lowest BCUT2D eigenvalue weighted by atomic mass is 9.85. The third-order valence-corrected chi connectivity index (χ3v) is 10.0. The van der Waals surface area contributed by atoms with Crippen molar-refractivity contribution in [3.8, 4) is 0 Å². The largest absolute Gasteiger partial charge is 0.463 e. The van der Waals surface area contributed by atoms with Gasteiger partial charge in [0.25, 0.3) is 0 Å². The summed E-state index contributed by atoms with van der Waals surface area (Å²) < 4.78 is 16.1. The molecule has 0 aliphatic heterocycles. The van der Waals surface area contributed by atoms with E-state index in [0.717, 1.165) is 101 Å². The van der Waals surface area contributed by atoms with Crippen molar-refractivity contribution in [3.05, 3.63) is 30.3 Å². The molecule has 0 saturated heterocycles. The van der Waals surface area contributed by atoms with E-state index in [1.165, 1.54) is 4.90 Å². The fourth-order valence-electron chi connectivity index (χ4n) is 7.10. The first-order valence-corrected chi connectivity index (χ1v) is 18.4. The van der Waals surface area contributed by atoms with Crippen LogP contribution in [0.1, 0.15) is 116 Å². The number of benzene rings is 1. The van der Waals surface area contributed by atoms with Gasteiger partial charge in [-0.05, 0) is 50.7 Å². The number of urea groups is 1. The summed E-state index contributed by atoms with van der Waals surface area (Å²) in [5.74, 6) is -3.33. The van der Waals surface area contributed by atoms with E-state index in [-0.39, 0.29) is 54.7 Å². The molecule has 3 aliphatic rings. The molecule has 1 aromatic rings. The molecule has 4 rings (SSSR count). The van der Waals surface area contributed by atoms with E-state index in [2.05, 4.69) is 0 Å². The maximum Gasteiger partial charge on any atom is 0.329 e. The minimum absolute atomic E-state index is 0.120. The molecule has 0 atom stereocenters. The van der Waals surface area contributed by atoms with Crippen LogP contribution in [-0.2, 0) is 43.0 Å². The van der Waals surface area contributed by atoms with E-state index in [1.807, 2.05) is 0 Å². The second kappa shape index (κ2) is 20.6. The number of Topliss-reactive ketones (excluding diaryl/α,β-unsaturated/α-hetero) is 3. The van der Waals surface area contributed by atoms with Crippen molar-refractivity contribution in [2.45, 2.75) is 116 Å². The highest BCUT2D eigenvalue weighted by molar-refractivity contribution is 5.98. The fourth-order valence-corrected chi connectivity index (χ4v) is 7.10. The van der Waals surface area contributed by atoms with Gasteiger partial charge >= 0.3 is 23.9 Å². The number of anilines is 1. The van der Waals surface area contributed by atoms with Crippen LogP contribution in [0.15, 0.2) is 30.3 Å². The third kappa shape index (κ3) is 12.7. The third-order valence-electron chi connectivity index (χ3n) is 10.0. The Bertz CT molecular complexity index is 1270. The normalized spacial score (nSPS) is 17.3. The van der Waals surface area contributed by atoms with Crippen molar-refractivity contribution in [2.24, 2.45) is 17.8 Å². The molecule has 3 fully saturated rings. The second-order valence-corrected chi connectivity index (χ2v) is 13.8. The number of para-hydroxylation sites is 1. The first-order valence-electron chi connectivity index (χ1n) is 18.4. The van der Waals surface area contributed by atoms with Crippen LogP contribution in [0.2, 0.25) is 0 Å². The molecular weight excluding hydrogens is 644 g/mol. The number of esters is 3. The molecule has 0 bridgehead atoms. The van der Waals surface area contributed by atoms with Crippen LogP contribution >= 0.6 is 0 Å². The van der Waals surface area contributed by atoms with Gasteiger partial charge < -0.3 is 14.2 Å². The van der Waals surface area contributed by atoms with Crippen LogP contribution in [0.25, 0.3) is 0 Å². The van der Waals surface area contributed by atoms with Crippen molar-refractivity contribution in [3.63, 3.8) is 0 Å². The molecule has 0 N–H and O–H groups in total. The zero-order chi connectivity index (χ0) is 35.7. The highest BCUT2D eigenvalue weighted by Crippen LogP contribution is 2.27. The van der Waals surface area contributed by atoms with Gasteiger partial charge in [-0.15, -0.1) is 0 Å². The van der Waals surface area contributed by atoms with Gasteiger partial charge in [0.1, 0.15) is 43.2 Å². The number of amides is 2. The lowest BCUT2D eigenvalue weighted by Crippen LogP contribution is -2.47. The van der Waals surface area contributed by atoms with Gasteiger partial charge in [0.15, 0.2) is 13.5 Å². The van der Waals surface area contributed by atoms with Crippen molar-refractivity contribution in [1.82, 2.24) is 4.90 Å². The van der Waals surface area contributed by atoms with E-state index in [4.69, 9.17) is 14.2 Å². The Balaban J connectivity index is 1.39.